The van der Waals surface area contributed by atoms with Gasteiger partial charge in [-0.1, -0.05) is 13.0 Å². The van der Waals surface area contributed by atoms with Gasteiger partial charge in [-0.3, -0.25) is 4.79 Å². The molecule has 0 aromatic heterocycles. The molecule has 1 aliphatic heterocycles. The van der Waals surface area contributed by atoms with E-state index in [1.165, 1.54) is 0 Å². The lowest BCUT2D eigenvalue weighted by molar-refractivity contribution is 0.0777. The zero-order valence-electron chi connectivity index (χ0n) is 10.4. The van der Waals surface area contributed by atoms with Crippen molar-refractivity contribution >= 4 is 40.9 Å². The second-order valence-corrected chi connectivity index (χ2v) is 6.25. The van der Waals surface area contributed by atoms with Crippen LogP contribution in [0.25, 0.3) is 0 Å². The molecule has 2 rings (SSSR count). The lowest BCUT2D eigenvalue weighted by Crippen LogP contribution is -2.34. The first-order valence-electron chi connectivity index (χ1n) is 5.79. The summed E-state index contributed by atoms with van der Waals surface area (Å²) in [5.74, 6) is 0.126. The molecule has 1 aliphatic rings. The third-order valence-electron chi connectivity index (χ3n) is 3.41. The molecule has 3 nitrogen and oxygen atoms in total. The fourth-order valence-electron chi connectivity index (χ4n) is 2.17. The smallest absolute Gasteiger partial charge is 0.253 e. The van der Waals surface area contributed by atoms with Crippen molar-refractivity contribution in [3.8, 4) is 0 Å². The van der Waals surface area contributed by atoms with Crippen LogP contribution >= 0.6 is 35.0 Å². The Morgan fingerprint density at radius 1 is 1.56 bits per heavy atom. The van der Waals surface area contributed by atoms with E-state index >= 15 is 0 Å². The standard InChI is InChI=1S/C13H17IN2O.ClH/c1-13(8-15)5-6-16(9-13)12(17)10-3-2-4-11(14)7-10;/h2-4,7H,5-6,8-9,15H2,1H3;1H. The number of benzene rings is 1. The third-order valence-corrected chi connectivity index (χ3v) is 4.08. The van der Waals surface area contributed by atoms with E-state index in [1.54, 1.807) is 0 Å². The molecule has 1 aromatic carbocycles. The Hall–Kier alpha value is -0.330. The monoisotopic (exact) mass is 380 g/mol. The Bertz CT molecular complexity index is 441. The number of nitrogens with zero attached hydrogens (tertiary/aromatic N) is 1. The summed E-state index contributed by atoms with van der Waals surface area (Å²) in [7, 11) is 0. The van der Waals surface area contributed by atoms with Crippen molar-refractivity contribution < 1.29 is 4.79 Å². The molecule has 0 saturated carbocycles. The summed E-state index contributed by atoms with van der Waals surface area (Å²) < 4.78 is 1.09. The number of hydrogen-bond donors (Lipinski definition) is 1. The normalized spacial score (nSPS) is 22.7. The van der Waals surface area contributed by atoms with Gasteiger partial charge in [0.2, 0.25) is 0 Å². The molecule has 1 fully saturated rings. The van der Waals surface area contributed by atoms with Crippen molar-refractivity contribution in [2.24, 2.45) is 11.1 Å². The molecule has 0 bridgehead atoms. The fraction of sp³-hybridized carbons (Fsp3) is 0.462. The lowest BCUT2D eigenvalue weighted by atomic mass is 9.90. The molecule has 1 aromatic rings. The van der Waals surface area contributed by atoms with Crippen molar-refractivity contribution in [2.75, 3.05) is 19.6 Å². The van der Waals surface area contributed by atoms with E-state index in [4.69, 9.17) is 5.73 Å². The minimum Gasteiger partial charge on any atom is -0.338 e. The van der Waals surface area contributed by atoms with Crippen molar-refractivity contribution in [1.82, 2.24) is 4.90 Å². The minimum absolute atomic E-state index is 0. The number of likely N-dealkylation sites (tertiary alicyclic amines) is 1. The van der Waals surface area contributed by atoms with Gasteiger partial charge >= 0.3 is 0 Å². The predicted octanol–water partition coefficient (Wildman–Crippen LogP) is 2.52. The Morgan fingerprint density at radius 3 is 2.83 bits per heavy atom. The summed E-state index contributed by atoms with van der Waals surface area (Å²) in [6, 6.07) is 7.72. The van der Waals surface area contributed by atoms with Gasteiger partial charge in [0.05, 0.1) is 0 Å². The molecule has 0 spiro atoms. The zero-order valence-corrected chi connectivity index (χ0v) is 13.3. The average Bonchev–Trinajstić information content (AvgIpc) is 2.72. The fourth-order valence-corrected chi connectivity index (χ4v) is 2.71. The number of hydrogen-bond acceptors (Lipinski definition) is 2. The summed E-state index contributed by atoms with van der Waals surface area (Å²) in [5, 5.41) is 0. The molecule has 1 saturated heterocycles. The number of carbonyl (C=O) groups is 1. The molecular formula is C13H18ClIN2O. The Balaban J connectivity index is 0.00000162. The summed E-state index contributed by atoms with van der Waals surface area (Å²) in [6.07, 6.45) is 0.999. The number of carbonyl (C=O) groups excluding carboxylic acids is 1. The van der Waals surface area contributed by atoms with Crippen molar-refractivity contribution in [3.05, 3.63) is 33.4 Å². The van der Waals surface area contributed by atoms with Gasteiger partial charge < -0.3 is 10.6 Å². The number of halogens is 2. The van der Waals surface area contributed by atoms with Crippen LogP contribution < -0.4 is 5.73 Å². The highest BCUT2D eigenvalue weighted by Gasteiger charge is 2.35. The van der Waals surface area contributed by atoms with Crippen LogP contribution in [-0.2, 0) is 0 Å². The molecule has 18 heavy (non-hydrogen) atoms. The van der Waals surface area contributed by atoms with Gasteiger partial charge in [0.25, 0.3) is 5.91 Å². The SMILES string of the molecule is CC1(CN)CCN(C(=O)c2cccc(I)c2)C1.Cl. The van der Waals surface area contributed by atoms with Crippen LogP contribution in [0.2, 0.25) is 0 Å². The van der Waals surface area contributed by atoms with Crippen molar-refractivity contribution in [3.63, 3.8) is 0 Å². The molecule has 0 aliphatic carbocycles. The first-order valence-corrected chi connectivity index (χ1v) is 6.87. The van der Waals surface area contributed by atoms with Crippen molar-refractivity contribution in [2.45, 2.75) is 13.3 Å². The molecule has 1 atom stereocenters. The topological polar surface area (TPSA) is 46.3 Å². The first kappa shape index (κ1) is 15.7. The van der Waals surface area contributed by atoms with E-state index in [1.807, 2.05) is 29.2 Å². The van der Waals surface area contributed by atoms with Crippen LogP contribution in [-0.4, -0.2) is 30.4 Å². The highest BCUT2D eigenvalue weighted by atomic mass is 127. The maximum absolute atomic E-state index is 12.3. The molecule has 5 heteroatoms. The number of rotatable bonds is 2. The van der Waals surface area contributed by atoms with Gasteiger partial charge in [0.15, 0.2) is 0 Å². The van der Waals surface area contributed by atoms with E-state index in [0.717, 1.165) is 28.6 Å². The van der Waals surface area contributed by atoms with Crippen molar-refractivity contribution in [1.29, 1.82) is 0 Å². The molecule has 100 valence electrons. The summed E-state index contributed by atoms with van der Waals surface area (Å²) in [4.78, 5) is 14.2. The number of amides is 1. The minimum atomic E-state index is 0. The van der Waals surface area contributed by atoms with Gasteiger partial charge in [-0.2, -0.15) is 0 Å². The molecule has 0 radical (unpaired) electrons. The van der Waals surface area contributed by atoms with Gasteiger partial charge in [0, 0.05) is 22.2 Å². The second-order valence-electron chi connectivity index (χ2n) is 5.00. The molecule has 1 amide bonds. The van der Waals surface area contributed by atoms with E-state index in [9.17, 15) is 4.79 Å². The van der Waals surface area contributed by atoms with Crippen LogP contribution in [0.15, 0.2) is 24.3 Å². The molecular weight excluding hydrogens is 363 g/mol. The van der Waals surface area contributed by atoms with Crippen LogP contribution in [0.3, 0.4) is 0 Å². The molecule has 1 unspecified atom stereocenters. The first-order chi connectivity index (χ1) is 8.04. The maximum Gasteiger partial charge on any atom is 0.253 e. The Kier molecular flexibility index (Phi) is 5.43. The molecule has 2 N–H and O–H groups in total. The average molecular weight is 381 g/mol. The highest BCUT2D eigenvalue weighted by Crippen LogP contribution is 2.29. The number of nitrogens with two attached hydrogens (primary N) is 1. The van der Waals surface area contributed by atoms with E-state index < -0.39 is 0 Å². The van der Waals surface area contributed by atoms with Gasteiger partial charge in [-0.05, 0) is 59.2 Å². The van der Waals surface area contributed by atoms with E-state index in [0.29, 0.717) is 6.54 Å². The quantitative estimate of drug-likeness (QED) is 0.802. The van der Waals surface area contributed by atoms with Crippen LogP contribution in [0.4, 0.5) is 0 Å². The van der Waals surface area contributed by atoms with E-state index in [-0.39, 0.29) is 23.7 Å². The van der Waals surface area contributed by atoms with Gasteiger partial charge in [-0.25, -0.2) is 0 Å². The second kappa shape index (κ2) is 6.21. The summed E-state index contributed by atoms with van der Waals surface area (Å²) in [5.41, 5.74) is 6.62. The zero-order chi connectivity index (χ0) is 12.5. The maximum atomic E-state index is 12.3. The largest absolute Gasteiger partial charge is 0.338 e. The third kappa shape index (κ3) is 3.36. The van der Waals surface area contributed by atoms with E-state index in [2.05, 4.69) is 29.5 Å². The summed E-state index contributed by atoms with van der Waals surface area (Å²) >= 11 is 2.23. The van der Waals surface area contributed by atoms with Gasteiger partial charge in [-0.15, -0.1) is 12.4 Å². The Morgan fingerprint density at radius 2 is 2.28 bits per heavy atom. The predicted molar refractivity (Wildman–Crippen MR) is 84.1 cm³/mol. The summed E-state index contributed by atoms with van der Waals surface area (Å²) in [6.45, 7) is 4.38. The van der Waals surface area contributed by atoms with Crippen LogP contribution in [0.1, 0.15) is 23.7 Å². The van der Waals surface area contributed by atoms with Gasteiger partial charge in [0.1, 0.15) is 0 Å². The molecule has 1 heterocycles. The highest BCUT2D eigenvalue weighted by molar-refractivity contribution is 14.1. The van der Waals surface area contributed by atoms with Crippen LogP contribution in [0, 0.1) is 8.99 Å². The van der Waals surface area contributed by atoms with Crippen LogP contribution in [0.5, 0.6) is 0 Å². The Labute approximate surface area is 128 Å². The lowest BCUT2D eigenvalue weighted by Gasteiger charge is -2.22.